The highest BCUT2D eigenvalue weighted by Gasteiger charge is 2.36. The van der Waals surface area contributed by atoms with E-state index in [-0.39, 0.29) is 17.8 Å². The van der Waals surface area contributed by atoms with Crippen molar-refractivity contribution in [3.63, 3.8) is 0 Å². The Labute approximate surface area is 384 Å². The Hall–Kier alpha value is -3.33. The van der Waals surface area contributed by atoms with Gasteiger partial charge in [-0.1, -0.05) is 162 Å². The average molecular weight is 877 g/mol. The number of carbonyl (C=O) groups excluding carboxylic acids is 1. The number of para-hydroxylation sites is 1. The van der Waals surface area contributed by atoms with Gasteiger partial charge in [0.05, 0.1) is 17.1 Å². The summed E-state index contributed by atoms with van der Waals surface area (Å²) in [5.74, 6) is 3.15. The summed E-state index contributed by atoms with van der Waals surface area (Å²) in [6, 6.07) is 24.6. The molecule has 61 heavy (non-hydrogen) atoms. The Morgan fingerprint density at radius 2 is 1.48 bits per heavy atom. The Morgan fingerprint density at radius 3 is 1.92 bits per heavy atom. The van der Waals surface area contributed by atoms with Crippen molar-refractivity contribution >= 4 is 46.4 Å². The van der Waals surface area contributed by atoms with Crippen LogP contribution in [-0.2, 0) is 4.79 Å². The topological polar surface area (TPSA) is 56.8 Å². The van der Waals surface area contributed by atoms with Gasteiger partial charge in [0.25, 0.3) is 0 Å². The Kier molecular flexibility index (Phi) is 30.6. The number of benzene rings is 3. The van der Waals surface area contributed by atoms with Gasteiger partial charge in [-0.25, -0.2) is 5.01 Å². The highest BCUT2D eigenvalue weighted by molar-refractivity contribution is 7.99. The third-order valence-corrected chi connectivity index (χ3v) is 12.3. The number of nitrogens with zero attached hydrogens (tertiary/aromatic N) is 2. The number of hydrazine groups is 1. The number of unbranched alkanes of at least 4 members (excludes halogenated alkanes) is 2. The van der Waals surface area contributed by atoms with Gasteiger partial charge in [0.15, 0.2) is 5.78 Å². The molecule has 1 aliphatic heterocycles. The van der Waals surface area contributed by atoms with Crippen molar-refractivity contribution in [3.05, 3.63) is 103 Å². The van der Waals surface area contributed by atoms with Gasteiger partial charge in [0.2, 0.25) is 0 Å². The average Bonchev–Trinajstić information content (AvgIpc) is 3.42. The van der Waals surface area contributed by atoms with Crippen LogP contribution in [0.5, 0.6) is 5.75 Å². The summed E-state index contributed by atoms with van der Waals surface area (Å²) < 4.78 is 6.40. The Bertz CT molecular complexity index is 1620. The minimum atomic E-state index is -0.422. The largest absolute Gasteiger partial charge is 0.485 e. The number of hydrogen-bond acceptors (Lipinski definition) is 8. The molecule has 2 N–H and O–H groups in total. The zero-order chi connectivity index (χ0) is 46.4. The number of thioether (sulfide) groups is 2. The molecule has 0 fully saturated rings. The molecule has 0 spiro atoms. The zero-order valence-corrected chi connectivity index (χ0v) is 43.1. The molecule has 4 rings (SSSR count). The maximum absolute atomic E-state index is 12.5. The minimum absolute atomic E-state index is 0.0529. The molecule has 1 atom stereocenters. The smallest absolute Gasteiger partial charge is 0.153 e. The summed E-state index contributed by atoms with van der Waals surface area (Å²) in [6.07, 6.45) is 11.9. The van der Waals surface area contributed by atoms with Crippen LogP contribution in [0.2, 0.25) is 0 Å². The Balaban J connectivity index is 0.00000180. The van der Waals surface area contributed by atoms with Crippen molar-refractivity contribution < 1.29 is 9.53 Å². The van der Waals surface area contributed by atoms with E-state index < -0.39 is 6.04 Å². The molecule has 0 aliphatic carbocycles. The summed E-state index contributed by atoms with van der Waals surface area (Å²) in [5, 5.41) is 5.19. The standard InChI is InChI=1S/C37H50N4O2S.C6H12S.C6H14.2C2H6/c1-7-9-21-37(22-10-8-2)26-41(31-19-15-12-16-20-31)33-23-32(38-5)34(24-35(33)44-27-37)43-25-28(3)39-40(6)36(29(4)42)30-17-13-11-14-18-30;1-6(2)4-5-7-3;1-5-6(2,3)4;2*1-2/h11-20,23-24,36,38-39H,3,7-10,21-22,25-27H2,1-2,4-6H3;1,4-5H2,2-3H3;5H2,1-4H3;2*1-2H3. The second-order valence-corrected chi connectivity index (χ2v) is 18.6. The molecule has 0 radical (unpaired) electrons. The number of hydrogen-bond donors (Lipinski definition) is 2. The maximum Gasteiger partial charge on any atom is 0.153 e. The predicted octanol–water partition coefficient (Wildman–Crippen LogP) is 15.8. The maximum atomic E-state index is 12.5. The van der Waals surface area contributed by atoms with Gasteiger partial charge in [-0.3, -0.25) is 4.79 Å². The van der Waals surface area contributed by atoms with E-state index in [1.807, 2.05) is 95.6 Å². The first kappa shape index (κ1) is 57.7. The first-order valence-corrected chi connectivity index (χ1v) is 25.3. The lowest BCUT2D eigenvalue weighted by atomic mass is 9.79. The van der Waals surface area contributed by atoms with Crippen molar-refractivity contribution in [1.82, 2.24) is 10.4 Å². The number of nitrogens with one attached hydrogen (secondary N) is 2. The molecule has 0 amide bonds. The minimum Gasteiger partial charge on any atom is -0.485 e. The van der Waals surface area contributed by atoms with E-state index in [0.29, 0.717) is 11.1 Å². The van der Waals surface area contributed by atoms with E-state index >= 15 is 0 Å². The molecule has 0 bridgehead atoms. The number of allylic oxidation sites excluding steroid dienone is 1. The van der Waals surface area contributed by atoms with E-state index in [4.69, 9.17) is 4.74 Å². The van der Waals surface area contributed by atoms with Crippen LogP contribution in [-0.4, -0.2) is 55.8 Å². The fourth-order valence-corrected chi connectivity index (χ4v) is 8.31. The van der Waals surface area contributed by atoms with Gasteiger partial charge >= 0.3 is 0 Å². The van der Waals surface area contributed by atoms with Crippen molar-refractivity contribution in [2.75, 3.05) is 55.2 Å². The van der Waals surface area contributed by atoms with Crippen LogP contribution < -0.4 is 20.4 Å². The van der Waals surface area contributed by atoms with Crippen LogP contribution in [0, 0.1) is 10.8 Å². The van der Waals surface area contributed by atoms with Crippen molar-refractivity contribution in [2.24, 2.45) is 10.8 Å². The van der Waals surface area contributed by atoms with Gasteiger partial charge in [-0.15, -0.1) is 18.3 Å². The summed E-state index contributed by atoms with van der Waals surface area (Å²) in [6.45, 7) is 34.5. The van der Waals surface area contributed by atoms with Crippen LogP contribution in [0.25, 0.3) is 0 Å². The van der Waals surface area contributed by atoms with Gasteiger partial charge in [-0.2, -0.15) is 11.8 Å². The molecule has 3 aromatic rings. The number of fused-ring (bicyclic) bond motifs is 1. The molecular weight excluding hydrogens is 789 g/mol. The number of anilines is 3. The summed E-state index contributed by atoms with van der Waals surface area (Å²) >= 11 is 3.83. The van der Waals surface area contributed by atoms with E-state index in [2.05, 4.69) is 126 Å². The lowest BCUT2D eigenvalue weighted by Gasteiger charge is -2.37. The molecule has 1 heterocycles. The molecule has 1 aliphatic rings. The van der Waals surface area contributed by atoms with Crippen LogP contribution in [0.1, 0.15) is 146 Å². The first-order valence-electron chi connectivity index (χ1n) is 22.9. The fourth-order valence-electron chi connectivity index (χ4n) is 6.41. The summed E-state index contributed by atoms with van der Waals surface area (Å²) in [5.41, 5.74) is 10.3. The number of ketones is 1. The van der Waals surface area contributed by atoms with E-state index in [0.717, 1.165) is 29.3 Å². The predicted molar refractivity (Wildman–Crippen MR) is 277 cm³/mol. The third-order valence-electron chi connectivity index (χ3n) is 10.3. The molecular formula is C53H88N4O2S2. The lowest BCUT2D eigenvalue weighted by Crippen LogP contribution is -2.41. The third kappa shape index (κ3) is 22.0. The van der Waals surface area contributed by atoms with E-state index in [9.17, 15) is 4.79 Å². The molecule has 0 saturated carbocycles. The van der Waals surface area contributed by atoms with Crippen LogP contribution in [0.3, 0.4) is 0 Å². The highest BCUT2D eigenvalue weighted by atomic mass is 32.2. The van der Waals surface area contributed by atoms with Crippen LogP contribution >= 0.6 is 23.5 Å². The van der Waals surface area contributed by atoms with Gasteiger partial charge in [-0.05, 0) is 85.8 Å². The molecule has 8 heteroatoms. The number of carbonyl (C=O) groups is 1. The molecule has 3 aromatic carbocycles. The number of ether oxygens (including phenoxy) is 1. The number of likely N-dealkylation sites (N-methyl/N-ethyl adjacent to an activating group) is 1. The second kappa shape index (κ2) is 32.4. The normalized spacial score (nSPS) is 13.1. The van der Waals surface area contributed by atoms with Gasteiger partial charge in [0, 0.05) is 37.0 Å². The van der Waals surface area contributed by atoms with E-state index in [1.54, 1.807) is 11.9 Å². The van der Waals surface area contributed by atoms with Crippen molar-refractivity contribution in [1.29, 1.82) is 0 Å². The summed E-state index contributed by atoms with van der Waals surface area (Å²) in [4.78, 5) is 16.3. The molecule has 0 saturated heterocycles. The number of rotatable bonds is 19. The second-order valence-electron chi connectivity index (χ2n) is 16.6. The summed E-state index contributed by atoms with van der Waals surface area (Å²) in [7, 11) is 3.81. The Morgan fingerprint density at radius 1 is 0.934 bits per heavy atom. The van der Waals surface area contributed by atoms with Gasteiger partial charge < -0.3 is 20.4 Å². The van der Waals surface area contributed by atoms with Crippen molar-refractivity contribution in [2.45, 2.75) is 145 Å². The number of Topliss-reactive ketones (excluding diaryl/α,β-unsaturated/α-hetero) is 1. The monoisotopic (exact) mass is 877 g/mol. The zero-order valence-electron chi connectivity index (χ0n) is 41.4. The highest BCUT2D eigenvalue weighted by Crippen LogP contribution is 2.50. The molecule has 0 aromatic heterocycles. The van der Waals surface area contributed by atoms with Crippen LogP contribution in [0.4, 0.5) is 17.1 Å². The lowest BCUT2D eigenvalue weighted by molar-refractivity contribution is -0.122. The quantitative estimate of drug-likeness (QED) is 0.0912. The molecule has 1 unspecified atom stereocenters. The van der Waals surface area contributed by atoms with Crippen molar-refractivity contribution in [3.8, 4) is 5.75 Å². The molecule has 6 nitrogen and oxygen atoms in total. The van der Waals surface area contributed by atoms with E-state index in [1.165, 1.54) is 79.0 Å². The molecule has 344 valence electrons. The fraction of sp³-hybridized carbons (Fsp3) is 0.566. The van der Waals surface area contributed by atoms with Gasteiger partial charge in [0.1, 0.15) is 18.4 Å². The SMILES string of the molecule is C=C(C)CCSC.C=C(COc1cc2c(cc1NC)N(c1ccccc1)CC(CCCC)(CCCC)CS2)NN(C)C(C(C)=O)c1ccccc1.CC.CC.CCC(C)(C)C. The first-order chi connectivity index (χ1) is 29.1. The van der Waals surface area contributed by atoms with Crippen LogP contribution in [0.15, 0.2) is 102 Å².